The Labute approximate surface area is 142 Å². The van der Waals surface area contributed by atoms with Gasteiger partial charge in [0, 0.05) is 25.8 Å². The van der Waals surface area contributed by atoms with Gasteiger partial charge in [-0.3, -0.25) is 9.78 Å². The number of carbonyl (C=O) groups excluding carboxylic acids is 1. The molecular weight excluding hydrogens is 327 g/mol. The van der Waals surface area contributed by atoms with E-state index in [0.717, 1.165) is 27.5 Å². The van der Waals surface area contributed by atoms with E-state index in [1.54, 1.807) is 40.8 Å². The lowest BCUT2D eigenvalue weighted by Gasteiger charge is -2.34. The van der Waals surface area contributed by atoms with Crippen LogP contribution in [-0.4, -0.2) is 40.4 Å². The highest BCUT2D eigenvalue weighted by Crippen LogP contribution is 2.28. The van der Waals surface area contributed by atoms with Crippen LogP contribution in [0.4, 0.5) is 9.52 Å². The maximum absolute atomic E-state index is 13.0. The quantitative estimate of drug-likeness (QED) is 0.734. The normalized spacial score (nSPS) is 15.3. The molecule has 5 nitrogen and oxygen atoms in total. The number of hydrogen-bond donors (Lipinski definition) is 0. The van der Waals surface area contributed by atoms with Crippen LogP contribution >= 0.6 is 11.3 Å². The zero-order valence-corrected chi connectivity index (χ0v) is 13.7. The molecule has 1 aromatic carbocycles. The Balaban J connectivity index is 1.46. The number of thiazole rings is 1. The smallest absolute Gasteiger partial charge is 0.242 e. The molecule has 0 N–H and O–H groups in total. The second kappa shape index (κ2) is 6.16. The van der Waals surface area contributed by atoms with E-state index in [9.17, 15) is 9.18 Å². The van der Waals surface area contributed by atoms with Crippen LogP contribution in [0.1, 0.15) is 5.56 Å². The number of aromatic nitrogens is 2. The standard InChI is InChI=1S/C17H15FN4OS/c18-13-3-1-12(2-4-13)10-21-7-8-22(11-16(21)23)17-20-14-9-19-6-5-15(14)24-17/h1-6,9H,7-8,10-11H2. The van der Waals surface area contributed by atoms with Gasteiger partial charge in [-0.05, 0) is 23.8 Å². The van der Waals surface area contributed by atoms with Crippen LogP contribution in [-0.2, 0) is 11.3 Å². The van der Waals surface area contributed by atoms with Crippen molar-refractivity contribution >= 4 is 32.6 Å². The molecule has 0 atom stereocenters. The van der Waals surface area contributed by atoms with E-state index in [4.69, 9.17) is 0 Å². The van der Waals surface area contributed by atoms with Gasteiger partial charge in [0.25, 0.3) is 0 Å². The second-order valence-electron chi connectivity index (χ2n) is 5.70. The molecule has 0 radical (unpaired) electrons. The van der Waals surface area contributed by atoms with E-state index in [2.05, 4.69) is 9.97 Å². The van der Waals surface area contributed by atoms with Crippen molar-refractivity contribution in [2.24, 2.45) is 0 Å². The number of rotatable bonds is 3. The predicted octanol–water partition coefficient (Wildman–Crippen LogP) is 2.68. The number of benzene rings is 1. The first kappa shape index (κ1) is 15.0. The van der Waals surface area contributed by atoms with E-state index in [-0.39, 0.29) is 11.7 Å². The second-order valence-corrected chi connectivity index (χ2v) is 6.71. The largest absolute Gasteiger partial charge is 0.337 e. The van der Waals surface area contributed by atoms with Gasteiger partial charge >= 0.3 is 0 Å². The highest BCUT2D eigenvalue weighted by Gasteiger charge is 2.26. The van der Waals surface area contributed by atoms with Gasteiger partial charge in [0.1, 0.15) is 11.3 Å². The molecule has 24 heavy (non-hydrogen) atoms. The maximum atomic E-state index is 13.0. The summed E-state index contributed by atoms with van der Waals surface area (Å²) in [4.78, 5) is 24.9. The zero-order valence-electron chi connectivity index (χ0n) is 12.9. The summed E-state index contributed by atoms with van der Waals surface area (Å²) in [7, 11) is 0. The molecule has 122 valence electrons. The van der Waals surface area contributed by atoms with Crippen LogP contribution in [0.15, 0.2) is 42.7 Å². The molecule has 0 bridgehead atoms. The molecule has 2 aromatic heterocycles. The van der Waals surface area contributed by atoms with Gasteiger partial charge < -0.3 is 9.80 Å². The summed E-state index contributed by atoms with van der Waals surface area (Å²) >= 11 is 1.58. The van der Waals surface area contributed by atoms with Crippen molar-refractivity contribution in [3.8, 4) is 0 Å². The van der Waals surface area contributed by atoms with Crippen molar-refractivity contribution in [3.63, 3.8) is 0 Å². The molecule has 0 saturated carbocycles. The number of carbonyl (C=O) groups is 1. The highest BCUT2D eigenvalue weighted by molar-refractivity contribution is 7.22. The van der Waals surface area contributed by atoms with Crippen LogP contribution < -0.4 is 4.90 Å². The Hall–Kier alpha value is -2.54. The molecule has 3 heterocycles. The van der Waals surface area contributed by atoms with Crippen molar-refractivity contribution in [3.05, 3.63) is 54.1 Å². The molecule has 0 aliphatic carbocycles. The molecule has 0 unspecified atom stereocenters. The number of halogens is 1. The number of nitrogens with zero attached hydrogens (tertiary/aromatic N) is 4. The van der Waals surface area contributed by atoms with Gasteiger partial charge in [-0.25, -0.2) is 9.37 Å². The van der Waals surface area contributed by atoms with Gasteiger partial charge in [-0.2, -0.15) is 0 Å². The lowest BCUT2D eigenvalue weighted by molar-refractivity contribution is -0.131. The third kappa shape index (κ3) is 2.94. The fraction of sp³-hybridized carbons (Fsp3) is 0.235. The SMILES string of the molecule is O=C1CN(c2nc3cnccc3s2)CCN1Cc1ccc(F)cc1. The molecule has 1 fully saturated rings. The number of anilines is 1. The zero-order chi connectivity index (χ0) is 16.5. The summed E-state index contributed by atoms with van der Waals surface area (Å²) in [5, 5.41) is 0.854. The van der Waals surface area contributed by atoms with Gasteiger partial charge in [-0.1, -0.05) is 23.5 Å². The Morgan fingerprint density at radius 3 is 2.75 bits per heavy atom. The molecule has 1 aliphatic rings. The van der Waals surface area contributed by atoms with Crippen LogP contribution in [0.5, 0.6) is 0 Å². The van der Waals surface area contributed by atoms with Crippen molar-refractivity contribution < 1.29 is 9.18 Å². The Morgan fingerprint density at radius 2 is 2.00 bits per heavy atom. The molecule has 7 heteroatoms. The number of hydrogen-bond acceptors (Lipinski definition) is 5. The molecule has 1 aliphatic heterocycles. The molecule has 4 rings (SSSR count). The van der Waals surface area contributed by atoms with Gasteiger partial charge in [-0.15, -0.1) is 0 Å². The summed E-state index contributed by atoms with van der Waals surface area (Å²) in [6, 6.07) is 8.21. The van der Waals surface area contributed by atoms with Gasteiger partial charge in [0.2, 0.25) is 5.91 Å². The van der Waals surface area contributed by atoms with Gasteiger partial charge in [0.05, 0.1) is 17.4 Å². The predicted molar refractivity (Wildman–Crippen MR) is 91.4 cm³/mol. The average Bonchev–Trinajstić information content (AvgIpc) is 3.03. The topological polar surface area (TPSA) is 49.3 Å². The highest BCUT2D eigenvalue weighted by atomic mass is 32.1. The minimum atomic E-state index is -0.264. The van der Waals surface area contributed by atoms with E-state index >= 15 is 0 Å². The first-order chi connectivity index (χ1) is 11.7. The number of pyridine rings is 1. The Bertz CT molecular complexity index is 847. The van der Waals surface area contributed by atoms with Crippen molar-refractivity contribution in [1.29, 1.82) is 0 Å². The summed E-state index contributed by atoms with van der Waals surface area (Å²) in [5.41, 5.74) is 1.79. The first-order valence-corrected chi connectivity index (χ1v) is 8.48. The monoisotopic (exact) mass is 342 g/mol. The minimum absolute atomic E-state index is 0.0583. The molecule has 3 aromatic rings. The van der Waals surface area contributed by atoms with E-state index < -0.39 is 0 Å². The third-order valence-electron chi connectivity index (χ3n) is 4.05. The van der Waals surface area contributed by atoms with Crippen LogP contribution in [0.2, 0.25) is 0 Å². The Morgan fingerprint density at radius 1 is 1.17 bits per heavy atom. The van der Waals surface area contributed by atoms with E-state index in [1.165, 1.54) is 12.1 Å². The lowest BCUT2D eigenvalue weighted by atomic mass is 10.2. The molecule has 1 saturated heterocycles. The van der Waals surface area contributed by atoms with Crippen LogP contribution in [0.25, 0.3) is 10.2 Å². The summed E-state index contributed by atoms with van der Waals surface area (Å²) in [6.45, 7) is 2.19. The summed E-state index contributed by atoms with van der Waals surface area (Å²) in [5.74, 6) is -0.205. The number of amides is 1. The lowest BCUT2D eigenvalue weighted by Crippen LogP contribution is -2.49. The fourth-order valence-electron chi connectivity index (χ4n) is 2.75. The van der Waals surface area contributed by atoms with Gasteiger partial charge in [0.15, 0.2) is 5.13 Å². The van der Waals surface area contributed by atoms with E-state index in [1.807, 2.05) is 11.0 Å². The van der Waals surface area contributed by atoms with Crippen molar-refractivity contribution in [2.75, 3.05) is 24.5 Å². The number of piperazine rings is 1. The minimum Gasteiger partial charge on any atom is -0.337 e. The average molecular weight is 342 g/mol. The Kier molecular flexibility index (Phi) is 3.86. The van der Waals surface area contributed by atoms with Crippen LogP contribution in [0.3, 0.4) is 0 Å². The van der Waals surface area contributed by atoms with Crippen molar-refractivity contribution in [1.82, 2.24) is 14.9 Å². The molecular formula is C17H15FN4OS. The third-order valence-corrected chi connectivity index (χ3v) is 5.15. The summed E-state index contributed by atoms with van der Waals surface area (Å²) < 4.78 is 14.0. The maximum Gasteiger partial charge on any atom is 0.242 e. The summed E-state index contributed by atoms with van der Waals surface area (Å²) in [6.07, 6.45) is 3.48. The van der Waals surface area contributed by atoms with E-state index in [0.29, 0.717) is 19.6 Å². The molecule has 0 spiro atoms. The van der Waals surface area contributed by atoms with Crippen molar-refractivity contribution in [2.45, 2.75) is 6.54 Å². The van der Waals surface area contributed by atoms with Crippen LogP contribution in [0, 0.1) is 5.82 Å². The molecule has 1 amide bonds. The fourth-order valence-corrected chi connectivity index (χ4v) is 3.71. The number of fused-ring (bicyclic) bond motifs is 1. The first-order valence-electron chi connectivity index (χ1n) is 7.67.